The van der Waals surface area contributed by atoms with Crippen molar-refractivity contribution in [1.82, 2.24) is 0 Å². The van der Waals surface area contributed by atoms with Crippen molar-refractivity contribution in [2.75, 3.05) is 0 Å². The third-order valence-electron chi connectivity index (χ3n) is 9.50. The van der Waals surface area contributed by atoms with E-state index in [1.807, 2.05) is 0 Å². The summed E-state index contributed by atoms with van der Waals surface area (Å²) in [5, 5.41) is 9.54. The molecule has 0 saturated carbocycles. The fraction of sp³-hybridized carbons (Fsp3) is 0.389. The van der Waals surface area contributed by atoms with Crippen LogP contribution in [0, 0.1) is 27.7 Å². The van der Waals surface area contributed by atoms with Gasteiger partial charge in [0.25, 0.3) is 0 Å². The van der Waals surface area contributed by atoms with E-state index in [2.05, 4.69) is 114 Å². The fourth-order valence-corrected chi connectivity index (χ4v) is 14.5. The van der Waals surface area contributed by atoms with Gasteiger partial charge in [-0.2, -0.15) is 0 Å². The maximum atomic E-state index is 4.93. The summed E-state index contributed by atoms with van der Waals surface area (Å²) in [4.78, 5) is 0. The quantitative estimate of drug-likeness (QED) is 0.108. The van der Waals surface area contributed by atoms with E-state index in [4.69, 9.17) is 17.0 Å². The molecule has 42 heavy (non-hydrogen) atoms. The van der Waals surface area contributed by atoms with Crippen molar-refractivity contribution in [2.24, 2.45) is 0 Å². The number of benzene rings is 2. The van der Waals surface area contributed by atoms with Gasteiger partial charge in [0.05, 0.1) is 0 Å². The minimum absolute atomic E-state index is 0.826. The topological polar surface area (TPSA) is 0 Å². The Morgan fingerprint density at radius 3 is 1.40 bits per heavy atom. The molecule has 0 unspecified atom stereocenters. The van der Waals surface area contributed by atoms with Gasteiger partial charge in [-0.25, -0.2) is 22.7 Å². The van der Waals surface area contributed by atoms with Crippen molar-refractivity contribution in [1.29, 1.82) is 0 Å². The van der Waals surface area contributed by atoms with Crippen LogP contribution in [0.1, 0.15) is 72.9 Å². The van der Waals surface area contributed by atoms with Gasteiger partial charge in [-0.3, -0.25) is 0 Å². The molecule has 0 saturated heterocycles. The Bertz CT molecular complexity index is 1750. The maximum absolute atomic E-state index is 4.93. The molecule has 220 valence electrons. The summed E-state index contributed by atoms with van der Waals surface area (Å²) in [5.74, 6) is 0. The first-order valence-electron chi connectivity index (χ1n) is 15.3. The normalized spacial score (nSPS) is 12.0. The third-order valence-corrected chi connectivity index (χ3v) is 16.1. The Morgan fingerprint density at radius 2 is 1.05 bits per heavy atom. The number of hydrogen-bond donors (Lipinski definition) is 0. The predicted octanol–water partition coefficient (Wildman–Crippen LogP) is 12.0. The second-order valence-corrected chi connectivity index (χ2v) is 22.4. The van der Waals surface area contributed by atoms with Crippen LogP contribution in [0.5, 0.6) is 0 Å². The van der Waals surface area contributed by atoms with E-state index >= 15 is 0 Å². The fourth-order valence-electron chi connectivity index (χ4n) is 7.29. The number of fused-ring (bicyclic) bond motifs is 6. The summed E-state index contributed by atoms with van der Waals surface area (Å²) >= 11 is 3.30. The predicted molar refractivity (Wildman–Crippen MR) is 194 cm³/mol. The summed E-state index contributed by atoms with van der Waals surface area (Å²) in [7, 11) is 7.80. The van der Waals surface area contributed by atoms with Crippen molar-refractivity contribution in [3.63, 3.8) is 0 Å². The van der Waals surface area contributed by atoms with Crippen LogP contribution >= 0.6 is 39.7 Å². The summed E-state index contributed by atoms with van der Waals surface area (Å²) in [6.45, 7) is 19.5. The van der Waals surface area contributed by atoms with Gasteiger partial charge in [-0.05, 0) is 46.2 Å². The van der Waals surface area contributed by atoms with Gasteiger partial charge in [0.15, 0.2) is 0 Å². The number of halogens is 2. The van der Waals surface area contributed by atoms with Gasteiger partial charge >= 0.3 is 37.9 Å². The van der Waals surface area contributed by atoms with Gasteiger partial charge in [0.1, 0.15) is 0 Å². The van der Waals surface area contributed by atoms with Crippen molar-refractivity contribution in [2.45, 2.75) is 93.2 Å². The number of thiophene rings is 2. The molecule has 0 fully saturated rings. The van der Waals surface area contributed by atoms with Crippen molar-refractivity contribution < 1.29 is 20.8 Å². The van der Waals surface area contributed by atoms with Gasteiger partial charge in [-0.1, -0.05) is 124 Å². The molecule has 0 nitrogen and oxygen atoms in total. The zero-order valence-corrected chi connectivity index (χ0v) is 32.9. The molecule has 0 aliphatic carbocycles. The molecular weight excluding hydrogens is 687 g/mol. The number of unbranched alkanes of at least 4 members (excludes halogenated alkanes) is 2. The molecule has 0 atom stereocenters. The molecule has 0 amide bonds. The molecule has 6 rings (SSSR count). The summed E-state index contributed by atoms with van der Waals surface area (Å²) in [6, 6.07) is 14.2. The van der Waals surface area contributed by atoms with Gasteiger partial charge in [-0.15, -0.1) is 43.4 Å². The van der Waals surface area contributed by atoms with Crippen LogP contribution in [0.3, 0.4) is 0 Å². The number of hydrogen-bond acceptors (Lipinski definition) is 2. The van der Waals surface area contributed by atoms with Crippen molar-refractivity contribution in [3.05, 3.63) is 69.8 Å². The molecule has 0 radical (unpaired) electrons. The second kappa shape index (κ2) is 13.3. The molecule has 2 heterocycles. The Balaban J connectivity index is 0.00000113. The SMILES string of the molecule is CCCCc1cccc2c1sc1c(C)c(C)[c-]([Si](C)(C)[c-]3c(C)c(C)c4sc5c(CCCC)cccc5c43)c12.[Cl][Zr+2][Cl]. The van der Waals surface area contributed by atoms with Crippen LogP contribution in [0.4, 0.5) is 0 Å². The molecular formula is C36H42Cl2S2SiZr. The standard InChI is InChI=1S/C36H42S2Si.2ClH.Zr/c1-9-11-15-25-17-13-19-27-29-31(37-33(25)27)21(3)23(5)35(29)39(7,8)36-24(6)22(4)32-30(36)28-20-14-18-26(16-12-10-2)34(28)38-32;;;/h13-14,17-20H,9-12,15-16H2,1-8H3;2*1H;/q-2;;;+4/p-2. The molecule has 6 aromatic rings. The molecule has 0 aliphatic rings. The third kappa shape index (κ3) is 5.39. The number of aryl methyl sites for hydroxylation is 4. The Labute approximate surface area is 279 Å². The monoisotopic (exact) mass is 726 g/mol. The van der Waals surface area contributed by atoms with Gasteiger partial charge < -0.3 is 0 Å². The molecule has 0 bridgehead atoms. The minimum atomic E-state index is -2.07. The van der Waals surface area contributed by atoms with Crippen molar-refractivity contribution in [3.8, 4) is 0 Å². The Morgan fingerprint density at radius 1 is 0.667 bits per heavy atom. The summed E-state index contributed by atoms with van der Waals surface area (Å²) < 4.78 is 6.15. The van der Waals surface area contributed by atoms with Crippen LogP contribution in [-0.4, -0.2) is 8.07 Å². The van der Waals surface area contributed by atoms with E-state index < -0.39 is 28.9 Å². The zero-order valence-electron chi connectivity index (χ0n) is 26.3. The Kier molecular flexibility index (Phi) is 10.4. The Hall–Kier alpha value is -0.740. The summed E-state index contributed by atoms with van der Waals surface area (Å²) in [6.07, 6.45) is 7.40. The van der Waals surface area contributed by atoms with E-state index in [-0.39, 0.29) is 0 Å². The molecule has 2 aromatic heterocycles. The van der Waals surface area contributed by atoms with E-state index in [0.717, 1.165) is 0 Å². The first-order chi connectivity index (χ1) is 20.1. The first kappa shape index (κ1) is 32.6. The average Bonchev–Trinajstić information content (AvgIpc) is 3.67. The molecule has 0 N–H and O–H groups in total. The molecule has 4 aromatic carbocycles. The van der Waals surface area contributed by atoms with Gasteiger partial charge in [0, 0.05) is 8.07 Å². The van der Waals surface area contributed by atoms with Crippen molar-refractivity contribution >= 4 is 98.5 Å². The summed E-state index contributed by atoms with van der Waals surface area (Å²) in [5.41, 5.74) is 9.20. The second-order valence-electron chi connectivity index (χ2n) is 12.4. The van der Waals surface area contributed by atoms with E-state index in [1.54, 1.807) is 43.4 Å². The molecule has 0 aliphatic heterocycles. The van der Waals surface area contributed by atoms with E-state index in [9.17, 15) is 0 Å². The van der Waals surface area contributed by atoms with E-state index in [1.165, 1.54) is 79.2 Å². The molecule has 0 spiro atoms. The van der Waals surface area contributed by atoms with Crippen LogP contribution < -0.4 is 10.4 Å². The molecule has 6 heteroatoms. The first-order valence-corrected chi connectivity index (χ1v) is 26.3. The van der Waals surface area contributed by atoms with Crippen LogP contribution in [-0.2, 0) is 33.7 Å². The van der Waals surface area contributed by atoms with Crippen LogP contribution in [0.2, 0.25) is 13.1 Å². The average molecular weight is 729 g/mol. The van der Waals surface area contributed by atoms with Crippen LogP contribution in [0.25, 0.3) is 40.3 Å². The van der Waals surface area contributed by atoms with Gasteiger partial charge in [0.2, 0.25) is 0 Å². The van der Waals surface area contributed by atoms with Crippen LogP contribution in [0.15, 0.2) is 36.4 Å². The zero-order chi connectivity index (χ0) is 30.3. The number of rotatable bonds is 8. The van der Waals surface area contributed by atoms with E-state index in [0.29, 0.717) is 0 Å².